The van der Waals surface area contributed by atoms with Crippen LogP contribution in [0.1, 0.15) is 17.7 Å². The van der Waals surface area contributed by atoms with Crippen LogP contribution in [-0.4, -0.2) is 9.91 Å². The molecule has 0 unspecified atom stereocenters. The molecule has 1 rings (SSSR count). The lowest BCUT2D eigenvalue weighted by Gasteiger charge is -2.10. The molecule has 0 aliphatic rings. The Morgan fingerprint density at radius 3 is 2.29 bits per heavy atom. The lowest BCUT2D eigenvalue weighted by molar-refractivity contribution is -0.386. The SMILES string of the molecule is O=[N+]([O-])c1cc(C(F)(F)F)c(Br)nc1C(F)F. The van der Waals surface area contributed by atoms with Gasteiger partial charge in [-0.15, -0.1) is 0 Å². The Kier molecular flexibility index (Phi) is 3.65. The Hall–Kier alpha value is -1.32. The first-order valence-electron chi connectivity index (χ1n) is 3.84. The van der Waals surface area contributed by atoms with Gasteiger partial charge in [-0.1, -0.05) is 0 Å². The number of pyridine rings is 1. The molecule has 0 aliphatic heterocycles. The van der Waals surface area contributed by atoms with Crippen molar-refractivity contribution in [3.63, 3.8) is 0 Å². The molecule has 0 spiro atoms. The Bertz CT molecular complexity index is 462. The van der Waals surface area contributed by atoms with Crippen LogP contribution < -0.4 is 0 Å². The highest BCUT2D eigenvalue weighted by Gasteiger charge is 2.38. The number of hydrogen-bond acceptors (Lipinski definition) is 3. The van der Waals surface area contributed by atoms with Crippen LogP contribution in [0.15, 0.2) is 10.7 Å². The number of aromatic nitrogens is 1. The largest absolute Gasteiger partial charge is 0.419 e. The van der Waals surface area contributed by atoms with Crippen LogP contribution in [0.5, 0.6) is 0 Å². The van der Waals surface area contributed by atoms with Crippen molar-refractivity contribution in [1.29, 1.82) is 0 Å². The number of hydrogen-bond donors (Lipinski definition) is 0. The van der Waals surface area contributed by atoms with E-state index in [9.17, 15) is 32.1 Å². The number of alkyl halides is 5. The van der Waals surface area contributed by atoms with Gasteiger partial charge in [0.05, 0.1) is 10.5 Å². The molecule has 0 aromatic carbocycles. The van der Waals surface area contributed by atoms with E-state index in [1.165, 1.54) is 0 Å². The van der Waals surface area contributed by atoms with Crippen LogP contribution in [0, 0.1) is 10.1 Å². The molecule has 0 fully saturated rings. The number of nitro groups is 1. The molecule has 1 heterocycles. The lowest BCUT2D eigenvalue weighted by atomic mass is 10.2. The molecule has 0 amide bonds. The Labute approximate surface area is 98.7 Å². The van der Waals surface area contributed by atoms with E-state index in [0.717, 1.165) is 0 Å². The number of halogens is 6. The summed E-state index contributed by atoms with van der Waals surface area (Å²) in [7, 11) is 0. The third-order valence-electron chi connectivity index (χ3n) is 1.69. The second-order valence-corrected chi connectivity index (χ2v) is 3.54. The van der Waals surface area contributed by atoms with Gasteiger partial charge in [0.1, 0.15) is 4.60 Å². The molecule has 0 N–H and O–H groups in total. The highest BCUT2D eigenvalue weighted by molar-refractivity contribution is 9.10. The van der Waals surface area contributed by atoms with Crippen molar-refractivity contribution in [2.75, 3.05) is 0 Å². The molecule has 17 heavy (non-hydrogen) atoms. The average Bonchev–Trinajstić information content (AvgIpc) is 2.14. The summed E-state index contributed by atoms with van der Waals surface area (Å²) in [4.78, 5) is 11.9. The van der Waals surface area contributed by atoms with E-state index < -0.39 is 39.1 Å². The summed E-state index contributed by atoms with van der Waals surface area (Å²) < 4.78 is 60.8. The van der Waals surface area contributed by atoms with Crippen LogP contribution in [0.2, 0.25) is 0 Å². The maximum absolute atomic E-state index is 12.3. The smallest absolute Gasteiger partial charge is 0.258 e. The standard InChI is InChI=1S/C7H2BrF5N2O2/c8-5-2(7(11,12)13)1-3(15(16)17)4(14-5)6(9)10/h1,6H. The van der Waals surface area contributed by atoms with Gasteiger partial charge in [0.15, 0.2) is 5.69 Å². The van der Waals surface area contributed by atoms with Gasteiger partial charge in [0.2, 0.25) is 0 Å². The van der Waals surface area contributed by atoms with Gasteiger partial charge >= 0.3 is 6.18 Å². The van der Waals surface area contributed by atoms with E-state index in [1.807, 2.05) is 0 Å². The van der Waals surface area contributed by atoms with Crippen molar-refractivity contribution in [3.8, 4) is 0 Å². The molecular weight excluding hydrogens is 319 g/mol. The van der Waals surface area contributed by atoms with E-state index in [4.69, 9.17) is 0 Å². The highest BCUT2D eigenvalue weighted by Crippen LogP contribution is 2.38. The predicted octanol–water partition coefficient (Wildman–Crippen LogP) is 3.71. The molecule has 0 saturated heterocycles. The zero-order valence-corrected chi connectivity index (χ0v) is 9.22. The Morgan fingerprint density at radius 1 is 1.41 bits per heavy atom. The van der Waals surface area contributed by atoms with Crippen molar-refractivity contribution in [2.45, 2.75) is 12.6 Å². The third kappa shape index (κ3) is 2.87. The maximum Gasteiger partial charge on any atom is 0.419 e. The van der Waals surface area contributed by atoms with Gasteiger partial charge in [0.25, 0.3) is 12.1 Å². The zero-order chi connectivity index (χ0) is 13.4. The van der Waals surface area contributed by atoms with Crippen LogP contribution >= 0.6 is 15.9 Å². The average molecular weight is 321 g/mol. The minimum atomic E-state index is -4.92. The summed E-state index contributed by atoms with van der Waals surface area (Å²) in [5, 5.41) is 10.4. The first kappa shape index (κ1) is 13.7. The second kappa shape index (κ2) is 4.51. The van der Waals surface area contributed by atoms with Gasteiger partial charge in [-0.3, -0.25) is 10.1 Å². The van der Waals surface area contributed by atoms with Gasteiger partial charge in [0, 0.05) is 6.07 Å². The van der Waals surface area contributed by atoms with Crippen LogP contribution in [0.4, 0.5) is 27.6 Å². The molecule has 1 aromatic heterocycles. The fraction of sp³-hybridized carbons (Fsp3) is 0.286. The molecule has 0 aliphatic carbocycles. The maximum atomic E-state index is 12.3. The van der Waals surface area contributed by atoms with Crippen LogP contribution in [-0.2, 0) is 6.18 Å². The molecule has 0 saturated carbocycles. The Morgan fingerprint density at radius 2 is 1.94 bits per heavy atom. The van der Waals surface area contributed by atoms with Crippen LogP contribution in [0.3, 0.4) is 0 Å². The van der Waals surface area contributed by atoms with Crippen LogP contribution in [0.25, 0.3) is 0 Å². The fourth-order valence-electron chi connectivity index (χ4n) is 0.999. The minimum Gasteiger partial charge on any atom is -0.258 e. The van der Waals surface area contributed by atoms with Crippen molar-refractivity contribution >= 4 is 21.6 Å². The molecule has 10 heteroatoms. The van der Waals surface area contributed by atoms with Gasteiger partial charge < -0.3 is 0 Å². The molecule has 4 nitrogen and oxygen atoms in total. The minimum absolute atomic E-state index is 0.0264. The Balaban J connectivity index is 3.51. The van der Waals surface area contributed by atoms with E-state index in [1.54, 1.807) is 0 Å². The monoisotopic (exact) mass is 320 g/mol. The fourth-order valence-corrected chi connectivity index (χ4v) is 1.53. The van der Waals surface area contributed by atoms with Gasteiger partial charge in [-0.2, -0.15) is 13.2 Å². The van der Waals surface area contributed by atoms with E-state index in [2.05, 4.69) is 20.9 Å². The summed E-state index contributed by atoms with van der Waals surface area (Å²) in [6.07, 6.45) is -8.26. The molecule has 0 atom stereocenters. The van der Waals surface area contributed by atoms with E-state index in [-0.39, 0.29) is 6.07 Å². The van der Waals surface area contributed by atoms with Crippen molar-refractivity contribution in [3.05, 3.63) is 32.0 Å². The predicted molar refractivity (Wildman–Crippen MR) is 48.6 cm³/mol. The van der Waals surface area contributed by atoms with Crippen molar-refractivity contribution in [1.82, 2.24) is 4.98 Å². The first-order chi connectivity index (χ1) is 7.64. The normalized spacial score (nSPS) is 11.9. The second-order valence-electron chi connectivity index (χ2n) is 2.79. The van der Waals surface area contributed by atoms with Gasteiger partial charge in [-0.25, -0.2) is 13.8 Å². The highest BCUT2D eigenvalue weighted by atomic mass is 79.9. The molecule has 94 valence electrons. The molecule has 0 bridgehead atoms. The quantitative estimate of drug-likeness (QED) is 0.361. The molecule has 1 aromatic rings. The summed E-state index contributed by atoms with van der Waals surface area (Å²) in [6, 6.07) is 0.0264. The summed E-state index contributed by atoms with van der Waals surface area (Å²) >= 11 is 2.35. The van der Waals surface area contributed by atoms with Crippen molar-refractivity contribution < 1.29 is 26.9 Å². The third-order valence-corrected chi connectivity index (χ3v) is 2.30. The molecule has 0 radical (unpaired) electrons. The van der Waals surface area contributed by atoms with Gasteiger partial charge in [-0.05, 0) is 15.9 Å². The zero-order valence-electron chi connectivity index (χ0n) is 7.63. The lowest BCUT2D eigenvalue weighted by Crippen LogP contribution is -2.10. The topological polar surface area (TPSA) is 56.0 Å². The van der Waals surface area contributed by atoms with E-state index in [0.29, 0.717) is 0 Å². The van der Waals surface area contributed by atoms with Crippen molar-refractivity contribution in [2.24, 2.45) is 0 Å². The number of nitrogens with zero attached hydrogens (tertiary/aromatic N) is 2. The molecular formula is C7H2BrF5N2O2. The van der Waals surface area contributed by atoms with E-state index >= 15 is 0 Å². The summed E-state index contributed by atoms with van der Waals surface area (Å²) in [6.45, 7) is 0. The number of rotatable bonds is 2. The summed E-state index contributed by atoms with van der Waals surface area (Å²) in [5.41, 5.74) is -4.15. The summed E-state index contributed by atoms with van der Waals surface area (Å²) in [5.74, 6) is 0. The first-order valence-corrected chi connectivity index (χ1v) is 4.64.